The molecule has 0 aliphatic rings. The number of thiophene rings is 1. The fourth-order valence-electron chi connectivity index (χ4n) is 1.71. The van der Waals surface area contributed by atoms with Gasteiger partial charge < -0.3 is 11.1 Å². The zero-order valence-electron chi connectivity index (χ0n) is 10.7. The van der Waals surface area contributed by atoms with Gasteiger partial charge in [-0.3, -0.25) is 14.9 Å². The number of nitro groups is 1. The number of nitro benzene ring substituents is 1. The summed E-state index contributed by atoms with van der Waals surface area (Å²) in [5.41, 5.74) is 6.98. The number of nitrogens with zero attached hydrogens (tertiary/aromatic N) is 1. The van der Waals surface area contributed by atoms with E-state index in [1.807, 2.05) is 11.4 Å². The molecule has 2 rings (SSSR count). The van der Waals surface area contributed by atoms with E-state index in [4.69, 9.17) is 5.73 Å². The number of hydrogen-bond acceptors (Lipinski definition) is 5. The van der Waals surface area contributed by atoms with Gasteiger partial charge in [0.1, 0.15) is 6.04 Å². The fraction of sp³-hybridized carbons (Fsp3) is 0.154. The normalized spacial score (nSPS) is 11.9. The average Bonchev–Trinajstić information content (AvgIpc) is 2.93. The highest BCUT2D eigenvalue weighted by atomic mass is 32.1. The first-order valence-corrected chi connectivity index (χ1v) is 6.72. The second-order valence-electron chi connectivity index (χ2n) is 4.24. The lowest BCUT2D eigenvalue weighted by atomic mass is 10.1. The smallest absolute Gasteiger partial charge is 0.269 e. The maximum absolute atomic E-state index is 12.0. The summed E-state index contributed by atoms with van der Waals surface area (Å²) in [6.45, 7) is 1.69. The predicted octanol–water partition coefficient (Wildman–Crippen LogP) is 2.60. The quantitative estimate of drug-likeness (QED) is 0.668. The first-order valence-electron chi connectivity index (χ1n) is 5.84. The highest BCUT2D eigenvalue weighted by Gasteiger charge is 2.18. The summed E-state index contributed by atoms with van der Waals surface area (Å²) in [5.74, 6) is -0.343. The van der Waals surface area contributed by atoms with Crippen molar-refractivity contribution in [2.75, 3.05) is 5.32 Å². The van der Waals surface area contributed by atoms with Gasteiger partial charge >= 0.3 is 0 Å². The molecule has 1 heterocycles. The number of carbonyl (C=O) groups is 1. The third kappa shape index (κ3) is 3.01. The molecule has 0 bridgehead atoms. The summed E-state index contributed by atoms with van der Waals surface area (Å²) >= 11 is 1.41. The number of nitrogens with one attached hydrogen (secondary N) is 1. The van der Waals surface area contributed by atoms with Crippen LogP contribution in [0.5, 0.6) is 0 Å². The van der Waals surface area contributed by atoms with Crippen LogP contribution >= 0.6 is 11.3 Å². The minimum Gasteiger partial charge on any atom is -0.324 e. The van der Waals surface area contributed by atoms with Crippen molar-refractivity contribution in [3.63, 3.8) is 0 Å². The van der Waals surface area contributed by atoms with Crippen LogP contribution in [0, 0.1) is 17.0 Å². The van der Waals surface area contributed by atoms with Crippen molar-refractivity contribution in [2.24, 2.45) is 5.73 Å². The van der Waals surface area contributed by atoms with Crippen molar-refractivity contribution in [3.05, 3.63) is 56.3 Å². The lowest BCUT2D eigenvalue weighted by Gasteiger charge is -2.12. The summed E-state index contributed by atoms with van der Waals surface area (Å²) in [5, 5.41) is 15.2. The van der Waals surface area contributed by atoms with Gasteiger partial charge in [0, 0.05) is 22.7 Å². The molecular weight excluding hydrogens is 278 g/mol. The minimum absolute atomic E-state index is 0.0111. The molecule has 7 heteroatoms. The maximum atomic E-state index is 12.0. The summed E-state index contributed by atoms with van der Waals surface area (Å²) in [4.78, 5) is 23.0. The molecule has 6 nitrogen and oxygen atoms in total. The van der Waals surface area contributed by atoms with Crippen LogP contribution in [0.1, 0.15) is 16.5 Å². The van der Waals surface area contributed by atoms with Crippen LogP contribution in [0.3, 0.4) is 0 Å². The highest BCUT2D eigenvalue weighted by Crippen LogP contribution is 2.23. The van der Waals surface area contributed by atoms with Gasteiger partial charge in [-0.15, -0.1) is 11.3 Å². The molecule has 0 fully saturated rings. The fourth-order valence-corrected chi connectivity index (χ4v) is 2.43. The van der Waals surface area contributed by atoms with Crippen LogP contribution in [-0.2, 0) is 4.79 Å². The Morgan fingerprint density at radius 2 is 2.20 bits per heavy atom. The lowest BCUT2D eigenvalue weighted by molar-refractivity contribution is -0.384. The number of anilines is 1. The molecule has 0 aliphatic carbocycles. The molecule has 20 heavy (non-hydrogen) atoms. The molecule has 0 spiro atoms. The Balaban J connectivity index is 2.14. The van der Waals surface area contributed by atoms with Crippen molar-refractivity contribution in [2.45, 2.75) is 13.0 Å². The number of non-ortho nitro benzene ring substituents is 1. The Hall–Kier alpha value is -2.25. The molecule has 1 unspecified atom stereocenters. The molecule has 1 atom stereocenters. The molecule has 2 aromatic rings. The maximum Gasteiger partial charge on any atom is 0.269 e. The Morgan fingerprint density at radius 3 is 2.75 bits per heavy atom. The molecule has 1 aromatic heterocycles. The topological polar surface area (TPSA) is 98.3 Å². The van der Waals surface area contributed by atoms with Gasteiger partial charge in [-0.1, -0.05) is 6.07 Å². The molecule has 1 amide bonds. The number of rotatable bonds is 4. The first kappa shape index (κ1) is 14.2. The van der Waals surface area contributed by atoms with Gasteiger partial charge in [0.05, 0.1) is 4.92 Å². The Bertz CT molecular complexity index is 640. The van der Waals surface area contributed by atoms with E-state index in [1.165, 1.54) is 29.5 Å². The van der Waals surface area contributed by atoms with Crippen LogP contribution in [0.2, 0.25) is 0 Å². The molecule has 0 saturated carbocycles. The molecule has 0 aliphatic heterocycles. The monoisotopic (exact) mass is 291 g/mol. The standard InChI is InChI=1S/C13H13N3O3S/c1-8-7-9(16(18)19)4-5-10(8)15-13(17)12(14)11-3-2-6-20-11/h2-7,12H,14H2,1H3,(H,15,17). The van der Waals surface area contributed by atoms with Gasteiger partial charge in [0.25, 0.3) is 5.69 Å². The van der Waals surface area contributed by atoms with Crippen molar-refractivity contribution >= 4 is 28.6 Å². The summed E-state index contributed by atoms with van der Waals surface area (Å²) < 4.78 is 0. The van der Waals surface area contributed by atoms with Gasteiger partial charge in [0.15, 0.2) is 0 Å². The van der Waals surface area contributed by atoms with Crippen LogP contribution in [0.15, 0.2) is 35.7 Å². The zero-order valence-corrected chi connectivity index (χ0v) is 11.5. The number of aryl methyl sites for hydroxylation is 1. The minimum atomic E-state index is -0.746. The number of amides is 1. The van der Waals surface area contributed by atoms with Crippen LogP contribution in [0.4, 0.5) is 11.4 Å². The second kappa shape index (κ2) is 5.81. The van der Waals surface area contributed by atoms with Crippen molar-refractivity contribution < 1.29 is 9.72 Å². The highest BCUT2D eigenvalue weighted by molar-refractivity contribution is 7.10. The molecular formula is C13H13N3O3S. The van der Waals surface area contributed by atoms with E-state index < -0.39 is 11.0 Å². The largest absolute Gasteiger partial charge is 0.324 e. The van der Waals surface area contributed by atoms with Gasteiger partial charge in [-0.2, -0.15) is 0 Å². The molecule has 0 saturated heterocycles. The van der Waals surface area contributed by atoms with E-state index in [0.717, 1.165) is 4.88 Å². The first-order chi connectivity index (χ1) is 9.49. The lowest BCUT2D eigenvalue weighted by Crippen LogP contribution is -2.27. The average molecular weight is 291 g/mol. The van der Waals surface area contributed by atoms with E-state index >= 15 is 0 Å². The third-order valence-corrected chi connectivity index (χ3v) is 3.77. The summed E-state index contributed by atoms with van der Waals surface area (Å²) in [7, 11) is 0. The van der Waals surface area contributed by atoms with E-state index in [9.17, 15) is 14.9 Å². The molecule has 104 valence electrons. The van der Waals surface area contributed by atoms with E-state index in [-0.39, 0.29) is 11.6 Å². The van der Waals surface area contributed by atoms with Crippen molar-refractivity contribution in [3.8, 4) is 0 Å². The number of carbonyl (C=O) groups excluding carboxylic acids is 1. The SMILES string of the molecule is Cc1cc([N+](=O)[O-])ccc1NC(=O)C(N)c1cccs1. The van der Waals surface area contributed by atoms with Gasteiger partial charge in [0.2, 0.25) is 5.91 Å². The second-order valence-corrected chi connectivity index (χ2v) is 5.22. The molecule has 1 aromatic carbocycles. The van der Waals surface area contributed by atoms with Gasteiger partial charge in [-0.25, -0.2) is 0 Å². The van der Waals surface area contributed by atoms with E-state index in [0.29, 0.717) is 11.3 Å². The Morgan fingerprint density at radius 1 is 1.45 bits per heavy atom. The van der Waals surface area contributed by atoms with Crippen molar-refractivity contribution in [1.82, 2.24) is 0 Å². The predicted molar refractivity (Wildman–Crippen MR) is 77.7 cm³/mol. The van der Waals surface area contributed by atoms with Crippen LogP contribution < -0.4 is 11.1 Å². The number of nitrogens with two attached hydrogens (primary N) is 1. The van der Waals surface area contributed by atoms with Gasteiger partial charge in [-0.05, 0) is 30.0 Å². The van der Waals surface area contributed by atoms with Crippen LogP contribution in [-0.4, -0.2) is 10.8 Å². The van der Waals surface area contributed by atoms with E-state index in [2.05, 4.69) is 5.32 Å². The number of benzene rings is 1. The van der Waals surface area contributed by atoms with Crippen LogP contribution in [0.25, 0.3) is 0 Å². The Kier molecular flexibility index (Phi) is 4.11. The Labute approximate surface area is 119 Å². The summed E-state index contributed by atoms with van der Waals surface area (Å²) in [6.07, 6.45) is 0. The van der Waals surface area contributed by atoms with E-state index in [1.54, 1.807) is 13.0 Å². The molecule has 3 N–H and O–H groups in total. The summed E-state index contributed by atoms with van der Waals surface area (Å²) in [6, 6.07) is 7.13. The molecule has 0 radical (unpaired) electrons. The number of hydrogen-bond donors (Lipinski definition) is 2. The zero-order chi connectivity index (χ0) is 14.7. The van der Waals surface area contributed by atoms with Crippen molar-refractivity contribution in [1.29, 1.82) is 0 Å². The third-order valence-electron chi connectivity index (χ3n) is 2.81.